The predicted molar refractivity (Wildman–Crippen MR) is 86.6 cm³/mol. The molecule has 5 heteroatoms. The van der Waals surface area contributed by atoms with Gasteiger partial charge in [-0.15, -0.1) is 0 Å². The van der Waals surface area contributed by atoms with Gasteiger partial charge in [0.2, 0.25) is 0 Å². The highest BCUT2D eigenvalue weighted by molar-refractivity contribution is 5.41. The van der Waals surface area contributed by atoms with Crippen molar-refractivity contribution in [1.82, 2.24) is 9.78 Å². The molecule has 5 nitrogen and oxygen atoms in total. The van der Waals surface area contributed by atoms with E-state index in [9.17, 15) is 4.79 Å². The van der Waals surface area contributed by atoms with Crippen molar-refractivity contribution in [2.24, 2.45) is 0 Å². The summed E-state index contributed by atoms with van der Waals surface area (Å²) >= 11 is 0. The van der Waals surface area contributed by atoms with Crippen LogP contribution in [-0.2, 0) is 13.0 Å². The van der Waals surface area contributed by atoms with Gasteiger partial charge in [-0.3, -0.25) is 4.79 Å². The lowest BCUT2D eigenvalue weighted by molar-refractivity contribution is 0.548. The van der Waals surface area contributed by atoms with Crippen LogP contribution in [0.15, 0.2) is 41.3 Å². The minimum absolute atomic E-state index is 0.0508. The molecular formula is C16H22N4O. The highest BCUT2D eigenvalue weighted by Crippen LogP contribution is 2.09. The van der Waals surface area contributed by atoms with E-state index in [4.69, 9.17) is 5.73 Å². The van der Waals surface area contributed by atoms with Gasteiger partial charge < -0.3 is 10.6 Å². The lowest BCUT2D eigenvalue weighted by Gasteiger charge is -2.16. The lowest BCUT2D eigenvalue weighted by atomic mass is 10.1. The summed E-state index contributed by atoms with van der Waals surface area (Å²) in [4.78, 5) is 14.0. The molecule has 0 bridgehead atoms. The molecule has 1 heterocycles. The van der Waals surface area contributed by atoms with E-state index in [-0.39, 0.29) is 5.56 Å². The molecule has 1 aromatic heterocycles. The number of hydrogen-bond acceptors (Lipinski definition) is 4. The van der Waals surface area contributed by atoms with Gasteiger partial charge in [0.15, 0.2) is 0 Å². The van der Waals surface area contributed by atoms with Gasteiger partial charge in [0.1, 0.15) is 0 Å². The Bertz CT molecular complexity index is 633. The first kappa shape index (κ1) is 15.1. The van der Waals surface area contributed by atoms with Crippen molar-refractivity contribution in [2.75, 3.05) is 24.2 Å². The first-order valence-electron chi connectivity index (χ1n) is 7.23. The van der Waals surface area contributed by atoms with E-state index in [0.29, 0.717) is 6.54 Å². The van der Waals surface area contributed by atoms with E-state index in [1.165, 1.54) is 10.2 Å². The molecule has 0 radical (unpaired) electrons. The van der Waals surface area contributed by atoms with Gasteiger partial charge in [-0.25, -0.2) is 4.68 Å². The third-order valence-electron chi connectivity index (χ3n) is 3.59. The van der Waals surface area contributed by atoms with Gasteiger partial charge in [-0.2, -0.15) is 5.10 Å². The Morgan fingerprint density at radius 3 is 2.62 bits per heavy atom. The van der Waals surface area contributed by atoms with Crippen LogP contribution in [-0.4, -0.2) is 23.4 Å². The maximum atomic E-state index is 12.0. The Hall–Kier alpha value is -2.30. The van der Waals surface area contributed by atoms with E-state index >= 15 is 0 Å². The Kier molecular flexibility index (Phi) is 4.98. The zero-order valence-electron chi connectivity index (χ0n) is 12.6. The normalized spacial score (nSPS) is 10.6. The van der Waals surface area contributed by atoms with Crippen LogP contribution in [0.5, 0.6) is 0 Å². The second-order valence-electron chi connectivity index (χ2n) is 5.13. The summed E-state index contributed by atoms with van der Waals surface area (Å²) < 4.78 is 1.52. The van der Waals surface area contributed by atoms with Crippen LogP contribution in [0.4, 0.5) is 11.4 Å². The molecular weight excluding hydrogens is 264 g/mol. The molecule has 0 aliphatic rings. The maximum Gasteiger partial charge on any atom is 0.268 e. The average molecular weight is 286 g/mol. The topological polar surface area (TPSA) is 64.2 Å². The fourth-order valence-corrected chi connectivity index (χ4v) is 2.10. The molecule has 0 aliphatic carbocycles. The van der Waals surface area contributed by atoms with Crippen LogP contribution in [0, 0.1) is 0 Å². The van der Waals surface area contributed by atoms with Gasteiger partial charge in [0, 0.05) is 31.9 Å². The lowest BCUT2D eigenvalue weighted by Crippen LogP contribution is -2.25. The summed E-state index contributed by atoms with van der Waals surface area (Å²) in [5, 5.41) is 4.24. The van der Waals surface area contributed by atoms with Gasteiger partial charge >= 0.3 is 0 Å². The maximum absolute atomic E-state index is 12.0. The third kappa shape index (κ3) is 4.08. The fourth-order valence-electron chi connectivity index (χ4n) is 2.10. The van der Waals surface area contributed by atoms with Gasteiger partial charge in [0.25, 0.3) is 5.56 Å². The molecule has 0 unspecified atom stereocenters. The molecule has 0 amide bonds. The number of anilines is 2. The van der Waals surface area contributed by atoms with Gasteiger partial charge in [0.05, 0.1) is 11.9 Å². The summed E-state index contributed by atoms with van der Waals surface area (Å²) in [6.07, 6.45) is 3.53. The number of benzene rings is 1. The SMILES string of the molecule is CCN(C)c1cnn(CCCc2ccc(N)cc2)c(=O)c1. The highest BCUT2D eigenvalue weighted by Gasteiger charge is 2.03. The molecule has 2 N–H and O–H groups in total. The number of aromatic nitrogens is 2. The first-order chi connectivity index (χ1) is 10.1. The number of rotatable bonds is 6. The second-order valence-corrected chi connectivity index (χ2v) is 5.13. The number of nitrogens with zero attached hydrogens (tertiary/aromatic N) is 3. The molecule has 0 saturated carbocycles. The van der Waals surface area contributed by atoms with Crippen LogP contribution < -0.4 is 16.2 Å². The molecule has 2 rings (SSSR count). The molecule has 0 atom stereocenters. The molecule has 0 aliphatic heterocycles. The standard InChI is InChI=1S/C16H22N4O/c1-3-19(2)15-11-16(21)20(18-12-15)10-4-5-13-6-8-14(17)9-7-13/h6-9,11-12H,3-5,10,17H2,1-2H3. The quantitative estimate of drug-likeness (QED) is 0.824. The molecule has 2 aromatic rings. The van der Waals surface area contributed by atoms with Crippen molar-refractivity contribution in [1.29, 1.82) is 0 Å². The Morgan fingerprint density at radius 1 is 1.29 bits per heavy atom. The molecule has 112 valence electrons. The zero-order valence-corrected chi connectivity index (χ0v) is 12.6. The van der Waals surface area contributed by atoms with E-state index in [2.05, 4.69) is 5.10 Å². The van der Waals surface area contributed by atoms with Crippen molar-refractivity contribution in [3.63, 3.8) is 0 Å². The van der Waals surface area contributed by atoms with Crippen LogP contribution in [0.25, 0.3) is 0 Å². The average Bonchev–Trinajstić information content (AvgIpc) is 2.50. The van der Waals surface area contributed by atoms with E-state index < -0.39 is 0 Å². The number of nitrogen functional groups attached to an aromatic ring is 1. The van der Waals surface area contributed by atoms with Crippen molar-refractivity contribution in [3.05, 3.63) is 52.4 Å². The molecule has 0 spiro atoms. The second kappa shape index (κ2) is 6.92. The summed E-state index contributed by atoms with van der Waals surface area (Å²) in [5.41, 5.74) is 8.46. The summed E-state index contributed by atoms with van der Waals surface area (Å²) in [7, 11) is 1.95. The smallest absolute Gasteiger partial charge is 0.268 e. The number of aryl methyl sites for hydroxylation is 2. The molecule has 1 aromatic carbocycles. The Labute approximate surface area is 125 Å². The minimum atomic E-state index is -0.0508. The van der Waals surface area contributed by atoms with E-state index in [0.717, 1.165) is 30.8 Å². The fraction of sp³-hybridized carbons (Fsp3) is 0.375. The van der Waals surface area contributed by atoms with Crippen molar-refractivity contribution >= 4 is 11.4 Å². The monoisotopic (exact) mass is 286 g/mol. The third-order valence-corrected chi connectivity index (χ3v) is 3.59. The summed E-state index contributed by atoms with van der Waals surface area (Å²) in [6.45, 7) is 3.51. The van der Waals surface area contributed by atoms with Crippen LogP contribution in [0.3, 0.4) is 0 Å². The molecule has 0 fully saturated rings. The van der Waals surface area contributed by atoms with E-state index in [1.54, 1.807) is 12.3 Å². The largest absolute Gasteiger partial charge is 0.399 e. The predicted octanol–water partition coefficient (Wildman–Crippen LogP) is 1.91. The zero-order chi connectivity index (χ0) is 15.2. The molecule has 0 saturated heterocycles. The number of nitrogens with two attached hydrogens (primary N) is 1. The highest BCUT2D eigenvalue weighted by atomic mass is 16.1. The number of hydrogen-bond donors (Lipinski definition) is 1. The van der Waals surface area contributed by atoms with Crippen LogP contribution in [0.2, 0.25) is 0 Å². The first-order valence-corrected chi connectivity index (χ1v) is 7.23. The Balaban J connectivity index is 1.94. The van der Waals surface area contributed by atoms with Crippen LogP contribution >= 0.6 is 0 Å². The summed E-state index contributed by atoms with van der Waals surface area (Å²) in [6, 6.07) is 9.47. The minimum Gasteiger partial charge on any atom is -0.399 e. The molecule has 21 heavy (non-hydrogen) atoms. The van der Waals surface area contributed by atoms with E-state index in [1.807, 2.05) is 43.1 Å². The van der Waals surface area contributed by atoms with Crippen molar-refractivity contribution in [2.45, 2.75) is 26.3 Å². The van der Waals surface area contributed by atoms with Gasteiger partial charge in [-0.1, -0.05) is 12.1 Å². The Morgan fingerprint density at radius 2 is 2.00 bits per heavy atom. The van der Waals surface area contributed by atoms with Crippen molar-refractivity contribution < 1.29 is 0 Å². The van der Waals surface area contributed by atoms with Crippen molar-refractivity contribution in [3.8, 4) is 0 Å². The summed E-state index contributed by atoms with van der Waals surface area (Å²) in [5.74, 6) is 0. The van der Waals surface area contributed by atoms with Gasteiger partial charge in [-0.05, 0) is 37.5 Å². The van der Waals surface area contributed by atoms with Crippen LogP contribution in [0.1, 0.15) is 18.9 Å².